The van der Waals surface area contributed by atoms with Crippen LogP contribution in [0.3, 0.4) is 0 Å². The predicted molar refractivity (Wildman–Crippen MR) is 123 cm³/mol. The van der Waals surface area contributed by atoms with Gasteiger partial charge in [-0.05, 0) is 61.6 Å². The van der Waals surface area contributed by atoms with E-state index in [9.17, 15) is 4.79 Å². The van der Waals surface area contributed by atoms with E-state index in [1.807, 2.05) is 36.1 Å². The summed E-state index contributed by atoms with van der Waals surface area (Å²) in [6.45, 7) is 7.37. The number of ether oxygens (including phenoxy) is 1. The molecule has 8 heteroatoms. The molecule has 1 aromatic carbocycles. The molecule has 1 aliphatic heterocycles. The van der Waals surface area contributed by atoms with Crippen LogP contribution in [0, 0.1) is 5.92 Å². The molecule has 0 bridgehead atoms. The summed E-state index contributed by atoms with van der Waals surface area (Å²) in [6.07, 6.45) is 6.78. The number of nitrogen functional groups attached to an aromatic ring is 1. The van der Waals surface area contributed by atoms with Gasteiger partial charge in [0, 0.05) is 25.8 Å². The molecule has 2 amide bonds. The summed E-state index contributed by atoms with van der Waals surface area (Å²) >= 11 is 0. The number of hydrogen-bond acceptors (Lipinski definition) is 6. The van der Waals surface area contributed by atoms with Gasteiger partial charge in [0.15, 0.2) is 0 Å². The average Bonchev–Trinajstić information content (AvgIpc) is 3.14. The number of hydrogen-bond donors (Lipinski definition) is 1. The van der Waals surface area contributed by atoms with E-state index >= 15 is 0 Å². The highest BCUT2D eigenvalue weighted by atomic mass is 16.6. The second-order valence-corrected chi connectivity index (χ2v) is 7.61. The molecule has 1 aliphatic rings. The monoisotopic (exact) mass is 425 g/mol. The third-order valence-electron chi connectivity index (χ3n) is 5.27. The van der Waals surface area contributed by atoms with Crippen LogP contribution in [0.25, 0.3) is 0 Å². The minimum absolute atomic E-state index is 0.00863. The lowest BCUT2D eigenvalue weighted by Crippen LogP contribution is -2.33. The smallest absolute Gasteiger partial charge is 0.324 e. The summed E-state index contributed by atoms with van der Waals surface area (Å²) in [5, 5.41) is 3.85. The second kappa shape index (κ2) is 11.2. The van der Waals surface area contributed by atoms with Gasteiger partial charge in [0.25, 0.3) is 0 Å². The fourth-order valence-electron chi connectivity index (χ4n) is 3.38. The van der Waals surface area contributed by atoms with E-state index < -0.39 is 0 Å². The number of carbonyl (C=O) groups is 1. The Bertz CT molecular complexity index is 872. The third kappa shape index (κ3) is 6.34. The first kappa shape index (κ1) is 22.4. The molecule has 2 N–H and O–H groups in total. The summed E-state index contributed by atoms with van der Waals surface area (Å²) in [4.78, 5) is 25.3. The van der Waals surface area contributed by atoms with Crippen molar-refractivity contribution in [3.8, 4) is 5.75 Å². The zero-order chi connectivity index (χ0) is 22.1. The van der Waals surface area contributed by atoms with Gasteiger partial charge in [-0.3, -0.25) is 9.88 Å². The SMILES string of the molecule is CCO/N=C/c1ccc(OCCC(C)CCN2CCN(c3ccncc3N)C2=O)cc1. The Balaban J connectivity index is 1.37. The second-order valence-electron chi connectivity index (χ2n) is 7.61. The molecule has 1 saturated heterocycles. The van der Waals surface area contributed by atoms with Crippen molar-refractivity contribution in [2.45, 2.75) is 26.7 Å². The number of amides is 2. The van der Waals surface area contributed by atoms with E-state index in [4.69, 9.17) is 15.3 Å². The number of urea groups is 1. The Labute approximate surface area is 183 Å². The fourth-order valence-corrected chi connectivity index (χ4v) is 3.38. The Morgan fingerprint density at radius 2 is 2.03 bits per heavy atom. The van der Waals surface area contributed by atoms with E-state index in [-0.39, 0.29) is 6.03 Å². The zero-order valence-electron chi connectivity index (χ0n) is 18.2. The largest absolute Gasteiger partial charge is 0.494 e. The molecular weight excluding hydrogens is 394 g/mol. The number of oxime groups is 1. The number of pyridine rings is 1. The van der Waals surface area contributed by atoms with E-state index in [2.05, 4.69) is 17.1 Å². The molecule has 8 nitrogen and oxygen atoms in total. The Morgan fingerprint density at radius 1 is 1.23 bits per heavy atom. The third-order valence-corrected chi connectivity index (χ3v) is 5.27. The van der Waals surface area contributed by atoms with E-state index in [1.54, 1.807) is 29.6 Å². The van der Waals surface area contributed by atoms with Crippen LogP contribution in [0.5, 0.6) is 5.75 Å². The summed E-state index contributed by atoms with van der Waals surface area (Å²) < 4.78 is 5.85. The van der Waals surface area contributed by atoms with Gasteiger partial charge in [0.05, 0.1) is 30.4 Å². The van der Waals surface area contributed by atoms with Crippen molar-refractivity contribution in [2.75, 3.05) is 43.5 Å². The molecule has 1 unspecified atom stereocenters. The van der Waals surface area contributed by atoms with Gasteiger partial charge in [-0.1, -0.05) is 12.1 Å². The van der Waals surface area contributed by atoms with Crippen molar-refractivity contribution in [3.63, 3.8) is 0 Å². The fraction of sp³-hybridized carbons (Fsp3) is 0.435. The molecule has 1 aromatic heterocycles. The molecule has 0 saturated carbocycles. The van der Waals surface area contributed by atoms with E-state index in [0.717, 1.165) is 36.4 Å². The number of rotatable bonds is 11. The Morgan fingerprint density at radius 3 is 2.77 bits per heavy atom. The minimum Gasteiger partial charge on any atom is -0.494 e. The average molecular weight is 426 g/mol. The van der Waals surface area contributed by atoms with Gasteiger partial charge < -0.3 is 20.2 Å². The molecular formula is C23H31N5O3. The van der Waals surface area contributed by atoms with Crippen LogP contribution < -0.4 is 15.4 Å². The lowest BCUT2D eigenvalue weighted by atomic mass is 10.0. The van der Waals surface area contributed by atoms with Gasteiger partial charge in [-0.25, -0.2) is 4.79 Å². The van der Waals surface area contributed by atoms with Crippen LogP contribution in [-0.2, 0) is 4.84 Å². The van der Waals surface area contributed by atoms with Crippen LogP contribution in [-0.4, -0.2) is 55.0 Å². The number of nitrogens with two attached hydrogens (primary N) is 1. The van der Waals surface area contributed by atoms with Crippen LogP contribution in [0.4, 0.5) is 16.2 Å². The highest BCUT2D eigenvalue weighted by Gasteiger charge is 2.30. The molecule has 0 radical (unpaired) electrons. The van der Waals surface area contributed by atoms with Gasteiger partial charge >= 0.3 is 6.03 Å². The maximum Gasteiger partial charge on any atom is 0.324 e. The molecule has 1 atom stereocenters. The number of anilines is 2. The Kier molecular flexibility index (Phi) is 8.09. The summed E-state index contributed by atoms with van der Waals surface area (Å²) in [5.74, 6) is 1.28. The first-order valence-electron chi connectivity index (χ1n) is 10.7. The van der Waals surface area contributed by atoms with Crippen LogP contribution in [0.1, 0.15) is 32.3 Å². The first-order chi connectivity index (χ1) is 15.1. The summed E-state index contributed by atoms with van der Waals surface area (Å²) in [5.41, 5.74) is 8.19. The predicted octanol–water partition coefficient (Wildman–Crippen LogP) is 3.77. The first-order valence-corrected chi connectivity index (χ1v) is 10.7. The molecule has 1 fully saturated rings. The van der Waals surface area contributed by atoms with Crippen molar-refractivity contribution in [1.82, 2.24) is 9.88 Å². The van der Waals surface area contributed by atoms with Crippen molar-refractivity contribution in [2.24, 2.45) is 11.1 Å². The lowest BCUT2D eigenvalue weighted by molar-refractivity contribution is 0.160. The van der Waals surface area contributed by atoms with Crippen LogP contribution >= 0.6 is 0 Å². The van der Waals surface area contributed by atoms with Crippen molar-refractivity contribution >= 4 is 23.6 Å². The molecule has 3 rings (SSSR count). The highest BCUT2D eigenvalue weighted by molar-refractivity contribution is 5.96. The minimum atomic E-state index is 0.00863. The number of carbonyl (C=O) groups excluding carboxylic acids is 1. The standard InChI is InChI=1S/C23H31N5O3/c1-3-31-26-16-19-4-6-20(7-5-19)30-15-10-18(2)9-12-27-13-14-28(23(27)29)22-8-11-25-17-21(22)24/h4-8,11,16-18H,3,9-10,12-15,24H2,1-2H3/b26-16+. The molecule has 2 heterocycles. The van der Waals surface area contributed by atoms with Crippen molar-refractivity contribution in [3.05, 3.63) is 48.3 Å². The number of nitrogens with zero attached hydrogens (tertiary/aromatic N) is 4. The van der Waals surface area contributed by atoms with Gasteiger partial charge in [0.2, 0.25) is 0 Å². The molecule has 31 heavy (non-hydrogen) atoms. The summed E-state index contributed by atoms with van der Waals surface area (Å²) in [6, 6.07) is 9.55. The maximum atomic E-state index is 12.7. The Hall–Kier alpha value is -3.29. The van der Waals surface area contributed by atoms with Gasteiger partial charge in [0.1, 0.15) is 12.4 Å². The number of benzene rings is 1. The topological polar surface area (TPSA) is 93.3 Å². The quantitative estimate of drug-likeness (QED) is 0.437. The van der Waals surface area contributed by atoms with Gasteiger partial charge in [-0.2, -0.15) is 0 Å². The van der Waals surface area contributed by atoms with Crippen LogP contribution in [0.2, 0.25) is 0 Å². The van der Waals surface area contributed by atoms with Crippen LogP contribution in [0.15, 0.2) is 47.9 Å². The highest BCUT2D eigenvalue weighted by Crippen LogP contribution is 2.26. The maximum absolute atomic E-state index is 12.7. The summed E-state index contributed by atoms with van der Waals surface area (Å²) in [7, 11) is 0. The molecule has 166 valence electrons. The number of aromatic nitrogens is 1. The zero-order valence-corrected chi connectivity index (χ0v) is 18.2. The normalized spacial score (nSPS) is 15.0. The van der Waals surface area contributed by atoms with Crippen molar-refractivity contribution in [1.29, 1.82) is 0 Å². The molecule has 0 aliphatic carbocycles. The van der Waals surface area contributed by atoms with Crippen molar-refractivity contribution < 1.29 is 14.4 Å². The van der Waals surface area contributed by atoms with Gasteiger partial charge in [-0.15, -0.1) is 0 Å². The molecule has 0 spiro atoms. The lowest BCUT2D eigenvalue weighted by Gasteiger charge is -2.21. The van der Waals surface area contributed by atoms with E-state index in [0.29, 0.717) is 37.9 Å². The molecule has 2 aromatic rings. The van der Waals surface area contributed by atoms with E-state index in [1.165, 1.54) is 0 Å².